The smallest absolute Gasteiger partial charge is 0.308 e. The summed E-state index contributed by atoms with van der Waals surface area (Å²) < 4.78 is 4.91. The molecule has 5 nitrogen and oxygen atoms in total. The number of amides is 1. The van der Waals surface area contributed by atoms with Crippen LogP contribution in [0.15, 0.2) is 66.7 Å². The van der Waals surface area contributed by atoms with Gasteiger partial charge in [-0.15, -0.1) is 0 Å². The fraction of sp³-hybridized carbons (Fsp3) is 0.150. The third-order valence-electron chi connectivity index (χ3n) is 3.32. The maximum Gasteiger partial charge on any atom is 0.308 e. The van der Waals surface area contributed by atoms with E-state index in [1.165, 1.54) is 6.08 Å². The van der Waals surface area contributed by atoms with E-state index in [1.807, 2.05) is 30.3 Å². The second kappa shape index (κ2) is 9.82. The molecule has 0 radical (unpaired) electrons. The van der Waals surface area contributed by atoms with Crippen LogP contribution < -0.4 is 5.32 Å². The highest BCUT2D eigenvalue weighted by atomic mass is 16.5. The minimum absolute atomic E-state index is 0.00693. The molecule has 25 heavy (non-hydrogen) atoms. The van der Waals surface area contributed by atoms with Crippen LogP contribution in [-0.2, 0) is 14.3 Å². The van der Waals surface area contributed by atoms with Crippen molar-refractivity contribution in [3.63, 3.8) is 0 Å². The van der Waals surface area contributed by atoms with Crippen molar-refractivity contribution in [2.45, 2.75) is 6.42 Å². The van der Waals surface area contributed by atoms with Gasteiger partial charge in [0.2, 0.25) is 5.91 Å². The highest BCUT2D eigenvalue weighted by molar-refractivity contribution is 5.98. The molecule has 0 fully saturated rings. The second-order valence-electron chi connectivity index (χ2n) is 5.23. The number of hydrogen-bond donors (Lipinski definition) is 1. The van der Waals surface area contributed by atoms with Gasteiger partial charge in [0.05, 0.1) is 6.42 Å². The van der Waals surface area contributed by atoms with Gasteiger partial charge in [0.15, 0.2) is 12.4 Å². The molecule has 0 aliphatic carbocycles. The van der Waals surface area contributed by atoms with Crippen LogP contribution in [0.25, 0.3) is 6.08 Å². The molecule has 0 bridgehead atoms. The molecule has 5 heteroatoms. The Labute approximate surface area is 146 Å². The number of hydrogen-bond acceptors (Lipinski definition) is 4. The van der Waals surface area contributed by atoms with Crippen molar-refractivity contribution >= 4 is 23.7 Å². The molecule has 128 valence electrons. The summed E-state index contributed by atoms with van der Waals surface area (Å²) in [6, 6.07) is 18.0. The van der Waals surface area contributed by atoms with Crippen LogP contribution in [0.1, 0.15) is 22.3 Å². The molecule has 1 N–H and O–H groups in total. The van der Waals surface area contributed by atoms with Crippen molar-refractivity contribution in [1.82, 2.24) is 5.32 Å². The van der Waals surface area contributed by atoms with Gasteiger partial charge >= 0.3 is 5.97 Å². The summed E-state index contributed by atoms with van der Waals surface area (Å²) in [5.74, 6) is -1.09. The lowest BCUT2D eigenvalue weighted by Crippen LogP contribution is -2.25. The molecule has 2 aromatic carbocycles. The number of Topliss-reactive ketones (excluding diaryl/α,β-unsaturated/α-hetero) is 1. The molecule has 2 rings (SSSR count). The number of carbonyl (C=O) groups excluding carboxylic acids is 3. The van der Waals surface area contributed by atoms with Crippen LogP contribution in [0.4, 0.5) is 0 Å². The Balaban J connectivity index is 1.64. The monoisotopic (exact) mass is 337 g/mol. The van der Waals surface area contributed by atoms with E-state index in [0.717, 1.165) is 5.56 Å². The Hall–Kier alpha value is -3.21. The molecule has 0 aliphatic rings. The lowest BCUT2D eigenvalue weighted by Gasteiger charge is -2.05. The molecule has 0 unspecified atom stereocenters. The molecule has 0 saturated heterocycles. The number of rotatable bonds is 8. The highest BCUT2D eigenvalue weighted by Gasteiger charge is 2.09. The Morgan fingerprint density at radius 3 is 2.24 bits per heavy atom. The van der Waals surface area contributed by atoms with E-state index < -0.39 is 5.97 Å². The number of ketones is 1. The van der Waals surface area contributed by atoms with E-state index in [9.17, 15) is 14.4 Å². The fourth-order valence-electron chi connectivity index (χ4n) is 2.01. The van der Waals surface area contributed by atoms with Gasteiger partial charge in [0.1, 0.15) is 0 Å². The van der Waals surface area contributed by atoms with Crippen LogP contribution in [-0.4, -0.2) is 30.8 Å². The first kappa shape index (κ1) is 18.1. The Morgan fingerprint density at radius 2 is 1.56 bits per heavy atom. The van der Waals surface area contributed by atoms with Gasteiger partial charge in [-0.3, -0.25) is 14.4 Å². The average molecular weight is 337 g/mol. The van der Waals surface area contributed by atoms with Crippen LogP contribution in [0.2, 0.25) is 0 Å². The molecule has 0 aromatic heterocycles. The third-order valence-corrected chi connectivity index (χ3v) is 3.32. The Morgan fingerprint density at radius 1 is 0.920 bits per heavy atom. The van der Waals surface area contributed by atoms with Crippen LogP contribution >= 0.6 is 0 Å². The Kier molecular flexibility index (Phi) is 7.13. The van der Waals surface area contributed by atoms with Crippen LogP contribution in [0, 0.1) is 0 Å². The normalized spacial score (nSPS) is 10.4. The van der Waals surface area contributed by atoms with Crippen molar-refractivity contribution in [2.24, 2.45) is 0 Å². The SMILES string of the molecule is O=C(/C=C/c1ccccc1)NCCC(=O)OCC(=O)c1ccccc1. The van der Waals surface area contributed by atoms with E-state index in [2.05, 4.69) is 5.32 Å². The lowest BCUT2D eigenvalue weighted by molar-refractivity contribution is -0.142. The van der Waals surface area contributed by atoms with E-state index in [1.54, 1.807) is 36.4 Å². The summed E-state index contributed by atoms with van der Waals surface area (Å²) in [6.07, 6.45) is 3.10. The number of esters is 1. The van der Waals surface area contributed by atoms with Crippen molar-refractivity contribution in [3.8, 4) is 0 Å². The van der Waals surface area contributed by atoms with Gasteiger partial charge < -0.3 is 10.1 Å². The minimum Gasteiger partial charge on any atom is -0.457 e. The number of ether oxygens (including phenoxy) is 1. The maximum absolute atomic E-state index is 11.8. The van der Waals surface area contributed by atoms with Crippen LogP contribution in [0.3, 0.4) is 0 Å². The first-order valence-electron chi connectivity index (χ1n) is 7.90. The molecule has 0 atom stereocenters. The second-order valence-corrected chi connectivity index (χ2v) is 5.23. The summed E-state index contributed by atoms with van der Waals surface area (Å²) in [6.45, 7) is -0.152. The van der Waals surface area contributed by atoms with E-state index >= 15 is 0 Å². The molecule has 0 saturated carbocycles. The average Bonchev–Trinajstić information content (AvgIpc) is 2.66. The summed E-state index contributed by atoms with van der Waals surface area (Å²) in [5, 5.41) is 2.59. The maximum atomic E-state index is 11.8. The summed E-state index contributed by atoms with van der Waals surface area (Å²) >= 11 is 0. The van der Waals surface area contributed by atoms with Gasteiger partial charge in [-0.2, -0.15) is 0 Å². The first-order valence-corrected chi connectivity index (χ1v) is 7.90. The predicted molar refractivity (Wildman–Crippen MR) is 94.8 cm³/mol. The van der Waals surface area contributed by atoms with Gasteiger partial charge in [0.25, 0.3) is 0 Å². The summed E-state index contributed by atoms with van der Waals surface area (Å²) in [4.78, 5) is 35.0. The van der Waals surface area contributed by atoms with E-state index in [0.29, 0.717) is 5.56 Å². The van der Waals surface area contributed by atoms with Gasteiger partial charge in [0, 0.05) is 18.2 Å². The summed E-state index contributed by atoms with van der Waals surface area (Å²) in [5.41, 5.74) is 1.41. The highest BCUT2D eigenvalue weighted by Crippen LogP contribution is 2.01. The quantitative estimate of drug-likeness (QED) is 0.457. The van der Waals surface area contributed by atoms with Gasteiger partial charge in [-0.25, -0.2) is 0 Å². The van der Waals surface area contributed by atoms with E-state index in [4.69, 9.17) is 4.74 Å². The topological polar surface area (TPSA) is 72.5 Å². The van der Waals surface area contributed by atoms with E-state index in [-0.39, 0.29) is 31.3 Å². The third kappa shape index (κ3) is 6.83. The van der Waals surface area contributed by atoms with Crippen molar-refractivity contribution in [3.05, 3.63) is 77.9 Å². The molecule has 0 heterocycles. The molecule has 0 aliphatic heterocycles. The zero-order chi connectivity index (χ0) is 17.9. The molecular weight excluding hydrogens is 318 g/mol. The Bertz CT molecular complexity index is 739. The molecule has 0 spiro atoms. The summed E-state index contributed by atoms with van der Waals surface area (Å²) in [7, 11) is 0. The fourth-order valence-corrected chi connectivity index (χ4v) is 2.01. The lowest BCUT2D eigenvalue weighted by atomic mass is 10.1. The van der Waals surface area contributed by atoms with Crippen molar-refractivity contribution < 1.29 is 19.1 Å². The molecule has 1 amide bonds. The largest absolute Gasteiger partial charge is 0.457 e. The molecular formula is C20H19NO4. The van der Waals surface area contributed by atoms with Gasteiger partial charge in [-0.1, -0.05) is 60.7 Å². The van der Waals surface area contributed by atoms with Crippen LogP contribution in [0.5, 0.6) is 0 Å². The predicted octanol–water partition coefficient (Wildman–Crippen LogP) is 2.63. The standard InChI is InChI=1S/C20H19NO4/c22-18(17-9-5-2-6-10-17)15-25-20(24)13-14-21-19(23)12-11-16-7-3-1-4-8-16/h1-12H,13-15H2,(H,21,23)/b12-11+. The van der Waals surface area contributed by atoms with Crippen molar-refractivity contribution in [2.75, 3.05) is 13.2 Å². The molecule has 2 aromatic rings. The minimum atomic E-state index is -0.531. The van der Waals surface area contributed by atoms with Crippen molar-refractivity contribution in [1.29, 1.82) is 0 Å². The first-order chi connectivity index (χ1) is 12.1. The number of carbonyl (C=O) groups is 3. The van der Waals surface area contributed by atoms with Gasteiger partial charge in [-0.05, 0) is 11.6 Å². The number of benzene rings is 2. The zero-order valence-electron chi connectivity index (χ0n) is 13.7. The zero-order valence-corrected chi connectivity index (χ0v) is 13.7. The number of nitrogens with one attached hydrogen (secondary N) is 1.